The quantitative estimate of drug-likeness (QED) is 0.798. The topological polar surface area (TPSA) is 34.4 Å². The van der Waals surface area contributed by atoms with E-state index in [0.717, 1.165) is 11.3 Å². The number of aryl methyl sites for hydroxylation is 1. The van der Waals surface area contributed by atoms with E-state index in [-0.39, 0.29) is 11.6 Å². The van der Waals surface area contributed by atoms with Gasteiger partial charge in [0.25, 0.3) is 0 Å². The maximum absolute atomic E-state index is 13.4. The van der Waals surface area contributed by atoms with E-state index >= 15 is 0 Å². The molecule has 108 valence electrons. The van der Waals surface area contributed by atoms with Crippen LogP contribution >= 0.6 is 27.5 Å². The van der Waals surface area contributed by atoms with Crippen LogP contribution in [0.3, 0.4) is 0 Å². The van der Waals surface area contributed by atoms with Gasteiger partial charge in [-0.25, -0.2) is 4.39 Å². The molecule has 0 radical (unpaired) electrons. The molecule has 3 nitrogen and oxygen atoms in total. The van der Waals surface area contributed by atoms with Crippen LogP contribution in [0.25, 0.3) is 0 Å². The second-order valence-corrected chi connectivity index (χ2v) is 5.60. The number of furan rings is 1. The summed E-state index contributed by atoms with van der Waals surface area (Å²) in [6.45, 7) is 2.85. The first kappa shape index (κ1) is 15.4. The van der Waals surface area contributed by atoms with Crippen LogP contribution in [-0.2, 0) is 13.2 Å². The summed E-state index contributed by atoms with van der Waals surface area (Å²) in [7, 11) is 1.85. The molecule has 0 unspecified atom stereocenters. The van der Waals surface area contributed by atoms with Crippen LogP contribution in [-0.4, -0.2) is 7.05 Å². The van der Waals surface area contributed by atoms with Gasteiger partial charge >= 0.3 is 0 Å². The summed E-state index contributed by atoms with van der Waals surface area (Å²) in [5.74, 6) is 1.43. The highest BCUT2D eigenvalue weighted by atomic mass is 79.9. The van der Waals surface area contributed by atoms with Gasteiger partial charge in [-0.05, 0) is 47.6 Å². The van der Waals surface area contributed by atoms with Crippen LogP contribution in [0, 0.1) is 12.7 Å². The second-order valence-electron chi connectivity index (χ2n) is 4.33. The van der Waals surface area contributed by atoms with Crippen LogP contribution in [0.1, 0.15) is 17.1 Å². The van der Waals surface area contributed by atoms with E-state index in [2.05, 4.69) is 21.2 Å². The third-order valence-electron chi connectivity index (χ3n) is 2.75. The molecule has 0 atom stereocenters. The molecule has 0 aliphatic rings. The first-order valence-corrected chi connectivity index (χ1v) is 7.18. The zero-order chi connectivity index (χ0) is 14.7. The molecule has 0 fully saturated rings. The summed E-state index contributed by atoms with van der Waals surface area (Å²) in [6.07, 6.45) is 0. The van der Waals surface area contributed by atoms with Gasteiger partial charge in [0.05, 0.1) is 16.0 Å². The minimum Gasteiger partial charge on any atom is -0.484 e. The number of ether oxygens (including phenoxy) is 1. The third kappa shape index (κ3) is 3.53. The Labute approximate surface area is 130 Å². The Bertz CT molecular complexity index is 615. The molecule has 1 aromatic heterocycles. The second kappa shape index (κ2) is 6.61. The van der Waals surface area contributed by atoms with E-state index in [1.54, 1.807) is 0 Å². The average molecular weight is 363 g/mol. The van der Waals surface area contributed by atoms with Crippen LogP contribution < -0.4 is 10.1 Å². The van der Waals surface area contributed by atoms with Gasteiger partial charge in [-0.15, -0.1) is 0 Å². The fraction of sp³-hybridized carbons (Fsp3) is 0.286. The van der Waals surface area contributed by atoms with E-state index in [0.29, 0.717) is 22.5 Å². The average Bonchev–Trinajstić information content (AvgIpc) is 2.74. The molecule has 6 heteroatoms. The summed E-state index contributed by atoms with van der Waals surface area (Å²) in [5, 5.41) is 3.08. The summed E-state index contributed by atoms with van der Waals surface area (Å²) in [6, 6.07) is 4.62. The fourth-order valence-corrected chi connectivity index (χ4v) is 2.51. The first-order valence-electron chi connectivity index (χ1n) is 6.01. The maximum Gasteiger partial charge on any atom is 0.146 e. The molecule has 0 saturated carbocycles. The molecule has 0 spiro atoms. The first-order chi connectivity index (χ1) is 9.51. The van der Waals surface area contributed by atoms with E-state index in [9.17, 15) is 4.39 Å². The predicted octanol–water partition coefficient (Wildman–Crippen LogP) is 4.44. The smallest absolute Gasteiger partial charge is 0.146 e. The van der Waals surface area contributed by atoms with Gasteiger partial charge < -0.3 is 14.5 Å². The number of nitrogens with one attached hydrogen (secondary N) is 1. The monoisotopic (exact) mass is 361 g/mol. The highest BCUT2D eigenvalue weighted by molar-refractivity contribution is 9.10. The number of hydrogen-bond acceptors (Lipinski definition) is 3. The van der Waals surface area contributed by atoms with Crippen molar-refractivity contribution in [2.45, 2.75) is 20.1 Å². The van der Waals surface area contributed by atoms with Crippen molar-refractivity contribution >= 4 is 27.5 Å². The van der Waals surface area contributed by atoms with Gasteiger partial charge in [0.1, 0.15) is 29.7 Å². The van der Waals surface area contributed by atoms with Crippen molar-refractivity contribution in [3.8, 4) is 5.75 Å². The molecule has 0 aliphatic carbocycles. The lowest BCUT2D eigenvalue weighted by atomic mass is 10.2. The number of benzene rings is 1. The Morgan fingerprint density at radius 3 is 2.85 bits per heavy atom. The van der Waals surface area contributed by atoms with Gasteiger partial charge in [0.2, 0.25) is 0 Å². The van der Waals surface area contributed by atoms with E-state index < -0.39 is 5.82 Å². The number of hydrogen-bond donors (Lipinski definition) is 1. The van der Waals surface area contributed by atoms with Gasteiger partial charge in [-0.1, -0.05) is 11.6 Å². The van der Waals surface area contributed by atoms with Crippen molar-refractivity contribution in [2.24, 2.45) is 0 Å². The Kier molecular flexibility index (Phi) is 5.07. The molecule has 1 N–H and O–H groups in total. The van der Waals surface area contributed by atoms with Gasteiger partial charge in [-0.2, -0.15) is 0 Å². The summed E-state index contributed by atoms with van der Waals surface area (Å²) >= 11 is 8.96. The Hall–Kier alpha value is -1.04. The molecule has 0 aliphatic heterocycles. The number of rotatable bonds is 5. The van der Waals surface area contributed by atoms with Crippen molar-refractivity contribution < 1.29 is 13.5 Å². The van der Waals surface area contributed by atoms with Crippen molar-refractivity contribution in [1.82, 2.24) is 5.32 Å². The van der Waals surface area contributed by atoms with Crippen molar-refractivity contribution in [3.63, 3.8) is 0 Å². The molecule has 2 rings (SSSR count). The zero-order valence-corrected chi connectivity index (χ0v) is 13.4. The lowest BCUT2D eigenvalue weighted by Gasteiger charge is -2.07. The van der Waals surface area contributed by atoms with Crippen LogP contribution in [0.2, 0.25) is 5.02 Å². The molecular weight excluding hydrogens is 349 g/mol. The minimum atomic E-state index is -0.517. The minimum absolute atomic E-state index is 0.0503. The predicted molar refractivity (Wildman–Crippen MR) is 79.7 cm³/mol. The zero-order valence-electron chi connectivity index (χ0n) is 11.1. The largest absolute Gasteiger partial charge is 0.484 e. The Morgan fingerprint density at radius 1 is 1.40 bits per heavy atom. The summed E-state index contributed by atoms with van der Waals surface area (Å²) < 4.78 is 25.2. The molecule has 1 heterocycles. The highest BCUT2D eigenvalue weighted by Gasteiger charge is 2.11. The molecule has 20 heavy (non-hydrogen) atoms. The molecule has 0 bridgehead atoms. The van der Waals surface area contributed by atoms with Gasteiger partial charge in [-0.3, -0.25) is 0 Å². The standard InChI is InChI=1S/C14H14BrClFNO2/c1-8-3-9(20-14(8)6-18-2)7-19-13-5-12(17)11(16)4-10(13)15/h3-5,18H,6-7H2,1-2H3. The van der Waals surface area contributed by atoms with Crippen molar-refractivity contribution in [2.75, 3.05) is 7.05 Å². The van der Waals surface area contributed by atoms with Crippen LogP contribution in [0.4, 0.5) is 4.39 Å². The van der Waals surface area contributed by atoms with E-state index in [1.807, 2.05) is 20.0 Å². The lowest BCUT2D eigenvalue weighted by molar-refractivity contribution is 0.263. The van der Waals surface area contributed by atoms with Crippen LogP contribution in [0.5, 0.6) is 5.75 Å². The van der Waals surface area contributed by atoms with Crippen molar-refractivity contribution in [3.05, 3.63) is 50.6 Å². The Morgan fingerprint density at radius 2 is 2.15 bits per heavy atom. The molecule has 1 aromatic carbocycles. The summed E-state index contributed by atoms with van der Waals surface area (Å²) in [4.78, 5) is 0. The third-order valence-corrected chi connectivity index (χ3v) is 3.66. The van der Waals surface area contributed by atoms with Crippen LogP contribution in [0.15, 0.2) is 27.1 Å². The molecular formula is C14H14BrClFNO2. The van der Waals surface area contributed by atoms with E-state index in [4.69, 9.17) is 20.8 Å². The molecule has 2 aromatic rings. The molecule has 0 amide bonds. The van der Waals surface area contributed by atoms with E-state index in [1.165, 1.54) is 12.1 Å². The fourth-order valence-electron chi connectivity index (χ4n) is 1.76. The van der Waals surface area contributed by atoms with Crippen molar-refractivity contribution in [1.29, 1.82) is 0 Å². The summed E-state index contributed by atoms with van der Waals surface area (Å²) in [5.41, 5.74) is 1.05. The Balaban J connectivity index is 2.09. The lowest BCUT2D eigenvalue weighted by Crippen LogP contribution is -2.04. The van der Waals surface area contributed by atoms with Gasteiger partial charge in [0.15, 0.2) is 0 Å². The highest BCUT2D eigenvalue weighted by Crippen LogP contribution is 2.31. The SMILES string of the molecule is CNCc1oc(COc2cc(F)c(Cl)cc2Br)cc1C. The van der Waals surface area contributed by atoms with Gasteiger partial charge in [0, 0.05) is 6.07 Å². The number of halogens is 3. The maximum atomic E-state index is 13.4. The normalized spacial score (nSPS) is 10.8. The molecule has 0 saturated heterocycles.